The minimum absolute atomic E-state index is 0.0827. The van der Waals surface area contributed by atoms with Crippen molar-refractivity contribution >= 4 is 45.5 Å². The summed E-state index contributed by atoms with van der Waals surface area (Å²) in [7, 11) is 0. The Kier molecular flexibility index (Phi) is 7.44. The summed E-state index contributed by atoms with van der Waals surface area (Å²) in [4.78, 5) is 39.0. The van der Waals surface area contributed by atoms with E-state index < -0.39 is 11.9 Å². The predicted molar refractivity (Wildman–Crippen MR) is 114 cm³/mol. The van der Waals surface area contributed by atoms with Crippen molar-refractivity contribution in [2.75, 3.05) is 11.9 Å². The number of ether oxygens (including phenoxy) is 2. The highest BCUT2D eigenvalue weighted by atomic mass is 32.1. The molecule has 8 heteroatoms. The second kappa shape index (κ2) is 10.0. The molecule has 1 amide bonds. The Labute approximate surface area is 178 Å². The molecule has 2 aromatic rings. The molecule has 0 aliphatic heterocycles. The van der Waals surface area contributed by atoms with Gasteiger partial charge in [0.15, 0.2) is 0 Å². The highest BCUT2D eigenvalue weighted by molar-refractivity contribution is 7.18. The van der Waals surface area contributed by atoms with Crippen LogP contribution in [0.25, 0.3) is 0 Å². The molecular weight excluding hydrogens is 410 g/mol. The molecule has 1 fully saturated rings. The van der Waals surface area contributed by atoms with Crippen molar-refractivity contribution in [1.82, 2.24) is 0 Å². The predicted octanol–water partition coefficient (Wildman–Crippen LogP) is 4.97. The highest BCUT2D eigenvalue weighted by Gasteiger charge is 2.29. The van der Waals surface area contributed by atoms with E-state index in [-0.39, 0.29) is 30.6 Å². The third-order valence-electron chi connectivity index (χ3n) is 4.81. The van der Waals surface area contributed by atoms with Crippen molar-refractivity contribution in [2.24, 2.45) is 0 Å². The second-order valence-corrected chi connectivity index (χ2v) is 9.00. The Hall–Kier alpha value is -2.19. The van der Waals surface area contributed by atoms with E-state index in [4.69, 9.17) is 9.47 Å². The maximum atomic E-state index is 12.7. The van der Waals surface area contributed by atoms with E-state index in [0.717, 1.165) is 41.9 Å². The average molecular weight is 436 g/mol. The van der Waals surface area contributed by atoms with E-state index in [1.54, 1.807) is 13.8 Å². The van der Waals surface area contributed by atoms with Gasteiger partial charge < -0.3 is 14.8 Å². The van der Waals surface area contributed by atoms with Crippen LogP contribution in [0.15, 0.2) is 17.5 Å². The van der Waals surface area contributed by atoms with E-state index in [0.29, 0.717) is 15.4 Å². The molecule has 1 saturated carbocycles. The molecule has 6 nitrogen and oxygen atoms in total. The molecule has 156 valence electrons. The molecule has 0 unspecified atom stereocenters. The second-order valence-electron chi connectivity index (χ2n) is 6.95. The van der Waals surface area contributed by atoms with Crippen molar-refractivity contribution in [1.29, 1.82) is 0 Å². The van der Waals surface area contributed by atoms with Gasteiger partial charge in [-0.2, -0.15) is 0 Å². The van der Waals surface area contributed by atoms with Gasteiger partial charge in [-0.15, -0.1) is 22.7 Å². The van der Waals surface area contributed by atoms with Gasteiger partial charge >= 0.3 is 11.9 Å². The number of carbonyl (C=O) groups is 3. The lowest BCUT2D eigenvalue weighted by Crippen LogP contribution is -2.21. The van der Waals surface area contributed by atoms with Crippen LogP contribution in [0.3, 0.4) is 0 Å². The van der Waals surface area contributed by atoms with Crippen LogP contribution in [-0.4, -0.2) is 30.6 Å². The normalized spacial score (nSPS) is 14.4. The third kappa shape index (κ3) is 5.45. The van der Waals surface area contributed by atoms with Crippen LogP contribution in [0.2, 0.25) is 0 Å². The maximum Gasteiger partial charge on any atom is 0.348 e. The van der Waals surface area contributed by atoms with Crippen LogP contribution in [-0.2, 0) is 20.7 Å². The summed E-state index contributed by atoms with van der Waals surface area (Å²) in [6, 6.07) is 3.76. The number of thiophene rings is 2. The summed E-state index contributed by atoms with van der Waals surface area (Å²) in [5.74, 6) is -1.24. The first-order valence-corrected chi connectivity index (χ1v) is 11.5. The van der Waals surface area contributed by atoms with Crippen molar-refractivity contribution in [2.45, 2.75) is 58.5 Å². The van der Waals surface area contributed by atoms with Crippen LogP contribution in [0.1, 0.15) is 69.5 Å². The van der Waals surface area contributed by atoms with Crippen LogP contribution >= 0.6 is 22.7 Å². The summed E-state index contributed by atoms with van der Waals surface area (Å²) < 4.78 is 10.8. The Morgan fingerprint density at radius 2 is 1.93 bits per heavy atom. The molecule has 2 aromatic heterocycles. The number of carbonyl (C=O) groups excluding carboxylic acids is 3. The first kappa shape index (κ1) is 21.5. The quantitative estimate of drug-likeness (QED) is 0.621. The van der Waals surface area contributed by atoms with Gasteiger partial charge in [0.05, 0.1) is 18.6 Å². The van der Waals surface area contributed by atoms with Crippen LogP contribution in [0.4, 0.5) is 5.00 Å². The topological polar surface area (TPSA) is 81.7 Å². The molecule has 1 N–H and O–H groups in total. The van der Waals surface area contributed by atoms with Crippen LogP contribution < -0.4 is 5.32 Å². The number of esters is 2. The zero-order valence-corrected chi connectivity index (χ0v) is 18.2. The minimum atomic E-state index is -0.551. The fraction of sp³-hybridized carbons (Fsp3) is 0.476. The number of nitrogens with one attached hydrogen (secondary N) is 1. The van der Waals surface area contributed by atoms with E-state index >= 15 is 0 Å². The number of hydrogen-bond acceptors (Lipinski definition) is 7. The molecule has 0 spiro atoms. The van der Waals surface area contributed by atoms with E-state index in [2.05, 4.69) is 5.32 Å². The summed E-state index contributed by atoms with van der Waals surface area (Å²) in [6.45, 7) is 3.61. The van der Waals surface area contributed by atoms with Gasteiger partial charge in [0.25, 0.3) is 0 Å². The van der Waals surface area contributed by atoms with Crippen LogP contribution in [0, 0.1) is 6.92 Å². The molecular formula is C21H25NO5S2. The first-order valence-electron chi connectivity index (χ1n) is 9.83. The molecule has 1 aliphatic carbocycles. The SMILES string of the molecule is CCOC(=O)c1c(NC(=O)Cc2cccs2)sc(C(=O)OC2CCCCC2)c1C. The Morgan fingerprint density at radius 3 is 2.59 bits per heavy atom. The smallest absolute Gasteiger partial charge is 0.348 e. The summed E-state index contributed by atoms with van der Waals surface area (Å²) in [5, 5.41) is 5.02. The third-order valence-corrected chi connectivity index (χ3v) is 6.87. The van der Waals surface area contributed by atoms with Gasteiger partial charge in [-0.1, -0.05) is 12.5 Å². The fourth-order valence-electron chi connectivity index (χ4n) is 3.38. The van der Waals surface area contributed by atoms with Gasteiger partial charge in [-0.25, -0.2) is 9.59 Å². The molecule has 0 bridgehead atoms. The standard InChI is InChI=1S/C21H25NO5S2/c1-3-26-20(24)17-13(2)18(21(25)27-14-8-5-4-6-9-14)29-19(17)22-16(23)12-15-10-7-11-28-15/h7,10-11,14H,3-6,8-9,12H2,1-2H3,(H,22,23). The monoisotopic (exact) mass is 435 g/mol. The lowest BCUT2D eigenvalue weighted by molar-refractivity contribution is -0.115. The van der Waals surface area contributed by atoms with Gasteiger partial charge in [0.1, 0.15) is 16.0 Å². The summed E-state index contributed by atoms with van der Waals surface area (Å²) in [5.41, 5.74) is 0.715. The number of hydrogen-bond donors (Lipinski definition) is 1. The first-order chi connectivity index (χ1) is 14.0. The molecule has 0 saturated heterocycles. The fourth-order valence-corrected chi connectivity index (χ4v) is 5.17. The van der Waals surface area contributed by atoms with Gasteiger partial charge in [-0.3, -0.25) is 4.79 Å². The van der Waals surface area contributed by atoms with Crippen LogP contribution in [0.5, 0.6) is 0 Å². The highest BCUT2D eigenvalue weighted by Crippen LogP contribution is 2.35. The Morgan fingerprint density at radius 1 is 1.17 bits per heavy atom. The molecule has 2 heterocycles. The molecule has 1 aliphatic rings. The Bertz CT molecular complexity index is 866. The van der Waals surface area contributed by atoms with Crippen molar-refractivity contribution in [3.8, 4) is 0 Å². The molecule has 0 aromatic carbocycles. The lowest BCUT2D eigenvalue weighted by Gasteiger charge is -2.21. The number of rotatable bonds is 7. The molecule has 3 rings (SSSR count). The number of anilines is 1. The molecule has 0 radical (unpaired) electrons. The Balaban J connectivity index is 1.81. The average Bonchev–Trinajstić information content (AvgIpc) is 3.30. The summed E-state index contributed by atoms with van der Waals surface area (Å²) in [6.07, 6.45) is 5.13. The maximum absolute atomic E-state index is 12.7. The van der Waals surface area contributed by atoms with Gasteiger partial charge in [0.2, 0.25) is 5.91 Å². The summed E-state index contributed by atoms with van der Waals surface area (Å²) >= 11 is 2.56. The zero-order valence-electron chi connectivity index (χ0n) is 16.6. The van der Waals surface area contributed by atoms with Crippen molar-refractivity contribution < 1.29 is 23.9 Å². The zero-order chi connectivity index (χ0) is 20.8. The van der Waals surface area contributed by atoms with E-state index in [1.165, 1.54) is 17.8 Å². The molecule has 0 atom stereocenters. The van der Waals surface area contributed by atoms with E-state index in [1.807, 2.05) is 17.5 Å². The molecule has 29 heavy (non-hydrogen) atoms. The number of amides is 1. The lowest BCUT2D eigenvalue weighted by atomic mass is 9.98. The van der Waals surface area contributed by atoms with E-state index in [9.17, 15) is 14.4 Å². The van der Waals surface area contributed by atoms with Crippen molar-refractivity contribution in [3.63, 3.8) is 0 Å². The van der Waals surface area contributed by atoms with Gasteiger partial charge in [0, 0.05) is 4.88 Å². The minimum Gasteiger partial charge on any atom is -0.462 e. The van der Waals surface area contributed by atoms with Crippen molar-refractivity contribution in [3.05, 3.63) is 38.4 Å². The largest absolute Gasteiger partial charge is 0.462 e. The van der Waals surface area contributed by atoms with Gasteiger partial charge in [-0.05, 0) is 56.5 Å².